The molecule has 0 amide bonds. The first-order valence-corrected chi connectivity index (χ1v) is 6.43. The van der Waals surface area contributed by atoms with Gasteiger partial charge in [-0.05, 0) is 30.5 Å². The second-order valence-corrected chi connectivity index (χ2v) is 4.40. The van der Waals surface area contributed by atoms with E-state index in [0.717, 1.165) is 25.9 Å². The standard InChI is InChI=1S/C14H24N2O/c1-3-13(4-2)16(10-9-15)11-12-5-7-14(17)8-6-12/h5-8,13,17H,3-4,9-11,15H2,1-2H3. The van der Waals surface area contributed by atoms with E-state index in [0.29, 0.717) is 18.3 Å². The fourth-order valence-corrected chi connectivity index (χ4v) is 2.20. The number of nitrogens with two attached hydrogens (primary N) is 1. The van der Waals surface area contributed by atoms with E-state index in [2.05, 4.69) is 18.7 Å². The predicted octanol–water partition coefficient (Wildman–Crippen LogP) is 2.34. The second kappa shape index (κ2) is 7.30. The number of aromatic hydroxyl groups is 1. The van der Waals surface area contributed by atoms with E-state index in [1.807, 2.05) is 12.1 Å². The van der Waals surface area contributed by atoms with Gasteiger partial charge in [0.25, 0.3) is 0 Å². The maximum absolute atomic E-state index is 9.26. The number of rotatable bonds is 7. The molecule has 0 saturated carbocycles. The maximum atomic E-state index is 9.26. The van der Waals surface area contributed by atoms with Crippen molar-refractivity contribution < 1.29 is 5.11 Å². The number of benzene rings is 1. The summed E-state index contributed by atoms with van der Waals surface area (Å²) in [7, 11) is 0. The van der Waals surface area contributed by atoms with Crippen LogP contribution >= 0.6 is 0 Å². The summed E-state index contributed by atoms with van der Waals surface area (Å²) in [6, 6.07) is 8.01. The summed E-state index contributed by atoms with van der Waals surface area (Å²) in [6.07, 6.45) is 2.29. The average molecular weight is 236 g/mol. The number of nitrogens with zero attached hydrogens (tertiary/aromatic N) is 1. The first kappa shape index (κ1) is 14.0. The highest BCUT2D eigenvalue weighted by atomic mass is 16.3. The van der Waals surface area contributed by atoms with Gasteiger partial charge in [0.15, 0.2) is 0 Å². The predicted molar refractivity (Wildman–Crippen MR) is 71.9 cm³/mol. The van der Waals surface area contributed by atoms with Gasteiger partial charge in [-0.3, -0.25) is 4.90 Å². The molecule has 3 heteroatoms. The van der Waals surface area contributed by atoms with Crippen LogP contribution in [0.2, 0.25) is 0 Å². The quantitative estimate of drug-likeness (QED) is 0.764. The highest BCUT2D eigenvalue weighted by Gasteiger charge is 2.14. The molecule has 0 bridgehead atoms. The van der Waals surface area contributed by atoms with E-state index in [1.165, 1.54) is 5.56 Å². The molecule has 1 rings (SSSR count). The smallest absolute Gasteiger partial charge is 0.115 e. The Hall–Kier alpha value is -1.06. The molecule has 0 saturated heterocycles. The number of hydrogen-bond donors (Lipinski definition) is 2. The third-order valence-corrected chi connectivity index (χ3v) is 3.20. The van der Waals surface area contributed by atoms with Gasteiger partial charge in [0.05, 0.1) is 0 Å². The molecule has 0 heterocycles. The molecule has 0 fully saturated rings. The molecular formula is C14H24N2O. The fourth-order valence-electron chi connectivity index (χ4n) is 2.20. The first-order valence-electron chi connectivity index (χ1n) is 6.43. The Morgan fingerprint density at radius 2 is 1.76 bits per heavy atom. The topological polar surface area (TPSA) is 49.5 Å². The molecule has 96 valence electrons. The molecule has 1 aromatic carbocycles. The second-order valence-electron chi connectivity index (χ2n) is 4.40. The third kappa shape index (κ3) is 4.36. The minimum absolute atomic E-state index is 0.321. The molecule has 0 aliphatic carbocycles. The van der Waals surface area contributed by atoms with E-state index in [4.69, 9.17) is 5.73 Å². The van der Waals surface area contributed by atoms with Gasteiger partial charge < -0.3 is 10.8 Å². The molecule has 17 heavy (non-hydrogen) atoms. The van der Waals surface area contributed by atoms with Crippen molar-refractivity contribution in [2.75, 3.05) is 13.1 Å². The summed E-state index contributed by atoms with van der Waals surface area (Å²) in [6.45, 7) is 6.95. The zero-order valence-corrected chi connectivity index (χ0v) is 10.9. The molecule has 0 radical (unpaired) electrons. The Morgan fingerprint density at radius 3 is 2.24 bits per heavy atom. The largest absolute Gasteiger partial charge is 0.508 e. The van der Waals surface area contributed by atoms with Crippen LogP contribution in [0.5, 0.6) is 5.75 Å². The van der Waals surface area contributed by atoms with Gasteiger partial charge in [-0.25, -0.2) is 0 Å². The van der Waals surface area contributed by atoms with Crippen molar-refractivity contribution in [1.29, 1.82) is 0 Å². The highest BCUT2D eigenvalue weighted by Crippen LogP contribution is 2.15. The van der Waals surface area contributed by atoms with Gasteiger partial charge in [0.2, 0.25) is 0 Å². The van der Waals surface area contributed by atoms with E-state index in [-0.39, 0.29) is 0 Å². The lowest BCUT2D eigenvalue weighted by Gasteiger charge is -2.30. The Balaban J connectivity index is 2.68. The Labute approximate surface area is 104 Å². The lowest BCUT2D eigenvalue weighted by Crippen LogP contribution is -2.37. The van der Waals surface area contributed by atoms with E-state index >= 15 is 0 Å². The molecule has 1 aromatic rings. The molecule has 0 aliphatic heterocycles. The fraction of sp³-hybridized carbons (Fsp3) is 0.571. The highest BCUT2D eigenvalue weighted by molar-refractivity contribution is 5.25. The SMILES string of the molecule is CCC(CC)N(CCN)Cc1ccc(O)cc1. The molecule has 0 aliphatic rings. The van der Waals surface area contributed by atoms with E-state index in [1.54, 1.807) is 12.1 Å². The van der Waals surface area contributed by atoms with Gasteiger partial charge in [0, 0.05) is 25.7 Å². The Morgan fingerprint density at radius 1 is 1.18 bits per heavy atom. The van der Waals surface area contributed by atoms with Crippen LogP contribution in [0.1, 0.15) is 32.3 Å². The molecule has 0 unspecified atom stereocenters. The molecule has 0 spiro atoms. The van der Waals surface area contributed by atoms with E-state index in [9.17, 15) is 5.11 Å². The zero-order valence-electron chi connectivity index (χ0n) is 10.9. The summed E-state index contributed by atoms with van der Waals surface area (Å²) in [5, 5.41) is 9.26. The van der Waals surface area contributed by atoms with Crippen molar-refractivity contribution in [3.05, 3.63) is 29.8 Å². The van der Waals surface area contributed by atoms with Gasteiger partial charge in [-0.15, -0.1) is 0 Å². The summed E-state index contributed by atoms with van der Waals surface area (Å²) < 4.78 is 0. The summed E-state index contributed by atoms with van der Waals surface area (Å²) in [5.74, 6) is 0.321. The van der Waals surface area contributed by atoms with Crippen LogP contribution in [0, 0.1) is 0 Å². The lowest BCUT2D eigenvalue weighted by atomic mass is 10.1. The summed E-state index contributed by atoms with van der Waals surface area (Å²) in [5.41, 5.74) is 6.90. The van der Waals surface area contributed by atoms with Crippen molar-refractivity contribution in [1.82, 2.24) is 4.90 Å². The molecule has 0 atom stereocenters. The number of phenolic OH excluding ortho intramolecular Hbond substituents is 1. The molecule has 3 nitrogen and oxygen atoms in total. The molecular weight excluding hydrogens is 212 g/mol. The van der Waals surface area contributed by atoms with Crippen LogP contribution < -0.4 is 5.73 Å². The maximum Gasteiger partial charge on any atom is 0.115 e. The monoisotopic (exact) mass is 236 g/mol. The van der Waals surface area contributed by atoms with Crippen LogP contribution in [0.3, 0.4) is 0 Å². The summed E-state index contributed by atoms with van der Waals surface area (Å²) in [4.78, 5) is 2.42. The van der Waals surface area contributed by atoms with Crippen molar-refractivity contribution in [2.45, 2.75) is 39.3 Å². The Kier molecular flexibility index (Phi) is 6.01. The number of hydrogen-bond acceptors (Lipinski definition) is 3. The van der Waals surface area contributed by atoms with Gasteiger partial charge in [0.1, 0.15) is 5.75 Å². The molecule has 3 N–H and O–H groups in total. The van der Waals surface area contributed by atoms with Crippen molar-refractivity contribution in [3.8, 4) is 5.75 Å². The normalized spacial score (nSPS) is 11.4. The van der Waals surface area contributed by atoms with Crippen LogP contribution in [-0.4, -0.2) is 29.1 Å². The Bertz CT molecular complexity index is 307. The van der Waals surface area contributed by atoms with Crippen molar-refractivity contribution in [3.63, 3.8) is 0 Å². The van der Waals surface area contributed by atoms with Crippen molar-refractivity contribution in [2.24, 2.45) is 5.73 Å². The van der Waals surface area contributed by atoms with Gasteiger partial charge >= 0.3 is 0 Å². The van der Waals surface area contributed by atoms with Crippen LogP contribution in [0.4, 0.5) is 0 Å². The van der Waals surface area contributed by atoms with E-state index < -0.39 is 0 Å². The third-order valence-electron chi connectivity index (χ3n) is 3.20. The van der Waals surface area contributed by atoms with Crippen LogP contribution in [0.25, 0.3) is 0 Å². The minimum Gasteiger partial charge on any atom is -0.508 e. The van der Waals surface area contributed by atoms with Gasteiger partial charge in [-0.1, -0.05) is 26.0 Å². The zero-order chi connectivity index (χ0) is 12.7. The average Bonchev–Trinajstić information content (AvgIpc) is 2.34. The van der Waals surface area contributed by atoms with Crippen LogP contribution in [-0.2, 0) is 6.54 Å². The first-order chi connectivity index (χ1) is 8.21. The summed E-state index contributed by atoms with van der Waals surface area (Å²) >= 11 is 0. The van der Waals surface area contributed by atoms with Crippen LogP contribution in [0.15, 0.2) is 24.3 Å². The number of phenols is 1. The van der Waals surface area contributed by atoms with Crippen molar-refractivity contribution >= 4 is 0 Å². The van der Waals surface area contributed by atoms with Gasteiger partial charge in [-0.2, -0.15) is 0 Å². The lowest BCUT2D eigenvalue weighted by molar-refractivity contribution is 0.182. The molecule has 0 aromatic heterocycles. The minimum atomic E-state index is 0.321.